The molecule has 3 aromatic rings. The Hall–Kier alpha value is -3.09. The first-order valence-corrected chi connectivity index (χ1v) is 11.5. The predicted octanol–water partition coefficient (Wildman–Crippen LogP) is 4.77. The van der Waals surface area contributed by atoms with E-state index in [0.29, 0.717) is 18.7 Å². The maximum atomic E-state index is 12.6. The lowest BCUT2D eigenvalue weighted by molar-refractivity contribution is -0.116. The largest absolute Gasteiger partial charge is 0.479 e. The lowest BCUT2D eigenvalue weighted by Gasteiger charge is -2.13. The number of aromatic nitrogens is 3. The van der Waals surface area contributed by atoms with E-state index in [4.69, 9.17) is 9.72 Å². The standard InChI is InChI=1S/C25H33N5O2/c1-16-21(17(2)27-24-23(16)25(32-4)29-30(24)3)13-14-22(31)28-20-11-9-19(10-12-20)26-15-18-7-5-6-8-18/h9-12,18,26H,5-8,13-15H2,1-4H3,(H,28,31). The maximum Gasteiger partial charge on any atom is 0.242 e. The minimum Gasteiger partial charge on any atom is -0.479 e. The van der Waals surface area contributed by atoms with E-state index in [0.717, 1.165) is 51.7 Å². The van der Waals surface area contributed by atoms with Crippen molar-refractivity contribution in [2.75, 3.05) is 24.3 Å². The SMILES string of the molecule is COc1nn(C)c2nc(C)c(CCC(=O)Nc3ccc(NCC4CCCC4)cc3)c(C)c12. The van der Waals surface area contributed by atoms with Gasteiger partial charge >= 0.3 is 0 Å². The van der Waals surface area contributed by atoms with Crippen molar-refractivity contribution in [3.8, 4) is 5.88 Å². The number of methoxy groups -OCH3 is 1. The third kappa shape index (κ3) is 4.71. The van der Waals surface area contributed by atoms with Gasteiger partial charge in [-0.2, -0.15) is 0 Å². The van der Waals surface area contributed by atoms with Crippen LogP contribution >= 0.6 is 0 Å². The number of amides is 1. The van der Waals surface area contributed by atoms with E-state index < -0.39 is 0 Å². The maximum absolute atomic E-state index is 12.6. The summed E-state index contributed by atoms with van der Waals surface area (Å²) in [4.78, 5) is 17.3. The van der Waals surface area contributed by atoms with Crippen molar-refractivity contribution in [2.45, 2.75) is 52.4 Å². The van der Waals surface area contributed by atoms with Gasteiger partial charge in [-0.25, -0.2) is 9.67 Å². The summed E-state index contributed by atoms with van der Waals surface area (Å²) < 4.78 is 7.16. The molecule has 2 heterocycles. The molecule has 4 rings (SSSR count). The molecular weight excluding hydrogens is 402 g/mol. The lowest BCUT2D eigenvalue weighted by atomic mass is 10.00. The molecule has 1 aliphatic rings. The van der Waals surface area contributed by atoms with Crippen molar-refractivity contribution >= 4 is 28.3 Å². The molecule has 1 saturated carbocycles. The molecule has 0 saturated heterocycles. The van der Waals surface area contributed by atoms with Gasteiger partial charge in [0.15, 0.2) is 5.65 Å². The van der Waals surface area contributed by atoms with Crippen LogP contribution in [0.15, 0.2) is 24.3 Å². The Morgan fingerprint density at radius 3 is 2.53 bits per heavy atom. The van der Waals surface area contributed by atoms with Crippen molar-refractivity contribution in [2.24, 2.45) is 13.0 Å². The number of nitrogens with one attached hydrogen (secondary N) is 2. The van der Waals surface area contributed by atoms with Gasteiger partial charge in [0.25, 0.3) is 0 Å². The molecule has 0 unspecified atom stereocenters. The topological polar surface area (TPSA) is 81.1 Å². The Labute approximate surface area is 189 Å². The number of rotatable bonds is 8. The molecule has 1 aromatic carbocycles. The quantitative estimate of drug-likeness (QED) is 0.533. The molecular formula is C25H33N5O2. The number of anilines is 2. The highest BCUT2D eigenvalue weighted by molar-refractivity contribution is 5.91. The highest BCUT2D eigenvalue weighted by Gasteiger charge is 2.18. The van der Waals surface area contributed by atoms with Crippen LogP contribution in [0.4, 0.5) is 11.4 Å². The molecule has 0 spiro atoms. The minimum atomic E-state index is -0.00582. The fraction of sp³-hybridized carbons (Fsp3) is 0.480. The summed E-state index contributed by atoms with van der Waals surface area (Å²) in [6, 6.07) is 7.98. The first kappa shape index (κ1) is 22.1. The van der Waals surface area contributed by atoms with Gasteiger partial charge in [0.05, 0.1) is 12.5 Å². The van der Waals surface area contributed by atoms with E-state index in [1.165, 1.54) is 25.7 Å². The van der Waals surface area contributed by atoms with Crippen LogP contribution in [0.2, 0.25) is 0 Å². The second-order valence-corrected chi connectivity index (χ2v) is 8.79. The Morgan fingerprint density at radius 1 is 1.16 bits per heavy atom. The predicted molar refractivity (Wildman–Crippen MR) is 128 cm³/mol. The van der Waals surface area contributed by atoms with E-state index >= 15 is 0 Å². The normalized spacial score (nSPS) is 14.1. The summed E-state index contributed by atoms with van der Waals surface area (Å²) in [6.45, 7) is 5.06. The molecule has 7 heteroatoms. The zero-order chi connectivity index (χ0) is 22.7. The molecule has 1 fully saturated rings. The fourth-order valence-electron chi connectivity index (χ4n) is 4.72. The summed E-state index contributed by atoms with van der Waals surface area (Å²) >= 11 is 0. The molecule has 1 amide bonds. The third-order valence-corrected chi connectivity index (χ3v) is 6.56. The number of hydrogen-bond donors (Lipinski definition) is 2. The Kier molecular flexibility index (Phi) is 6.63. The highest BCUT2D eigenvalue weighted by Crippen LogP contribution is 2.30. The summed E-state index contributed by atoms with van der Waals surface area (Å²) in [6.07, 6.45) is 6.38. The number of carbonyl (C=O) groups is 1. The van der Waals surface area contributed by atoms with Crippen LogP contribution in [0.1, 0.15) is 48.9 Å². The number of hydrogen-bond acceptors (Lipinski definition) is 5. The number of fused-ring (bicyclic) bond motifs is 1. The van der Waals surface area contributed by atoms with Gasteiger partial charge in [-0.05, 0) is 74.4 Å². The van der Waals surface area contributed by atoms with Crippen molar-refractivity contribution in [1.29, 1.82) is 0 Å². The van der Waals surface area contributed by atoms with Gasteiger partial charge < -0.3 is 15.4 Å². The van der Waals surface area contributed by atoms with Gasteiger partial charge in [0, 0.05) is 37.1 Å². The van der Waals surface area contributed by atoms with Gasteiger partial charge in [-0.15, -0.1) is 5.10 Å². The number of pyridine rings is 1. The number of ether oxygens (including phenoxy) is 1. The molecule has 0 radical (unpaired) electrons. The van der Waals surface area contributed by atoms with Gasteiger partial charge in [0.1, 0.15) is 0 Å². The van der Waals surface area contributed by atoms with Crippen molar-refractivity contribution < 1.29 is 9.53 Å². The minimum absolute atomic E-state index is 0.00582. The van der Waals surface area contributed by atoms with Crippen LogP contribution in [0.3, 0.4) is 0 Å². The average Bonchev–Trinajstić information content (AvgIpc) is 3.41. The smallest absolute Gasteiger partial charge is 0.242 e. The number of nitrogens with zero attached hydrogens (tertiary/aromatic N) is 3. The summed E-state index contributed by atoms with van der Waals surface area (Å²) in [5.41, 5.74) is 5.79. The van der Waals surface area contributed by atoms with E-state index in [1.807, 2.05) is 45.2 Å². The summed E-state index contributed by atoms with van der Waals surface area (Å²) in [5.74, 6) is 1.36. The molecule has 0 aliphatic heterocycles. The molecule has 32 heavy (non-hydrogen) atoms. The molecule has 2 aromatic heterocycles. The zero-order valence-corrected chi connectivity index (χ0v) is 19.5. The van der Waals surface area contributed by atoms with E-state index in [9.17, 15) is 4.79 Å². The van der Waals surface area contributed by atoms with E-state index in [2.05, 4.69) is 15.7 Å². The van der Waals surface area contributed by atoms with Gasteiger partial charge in [0.2, 0.25) is 11.8 Å². The van der Waals surface area contributed by atoms with Crippen LogP contribution in [0, 0.1) is 19.8 Å². The second-order valence-electron chi connectivity index (χ2n) is 8.79. The summed E-state index contributed by atoms with van der Waals surface area (Å²) in [5, 5.41) is 11.8. The molecule has 0 bridgehead atoms. The second kappa shape index (κ2) is 9.59. The Morgan fingerprint density at radius 2 is 1.84 bits per heavy atom. The fourth-order valence-corrected chi connectivity index (χ4v) is 4.72. The number of aryl methyl sites for hydroxylation is 3. The van der Waals surface area contributed by atoms with E-state index in [-0.39, 0.29) is 5.91 Å². The van der Waals surface area contributed by atoms with Crippen molar-refractivity contribution in [3.05, 3.63) is 41.1 Å². The highest BCUT2D eigenvalue weighted by atomic mass is 16.5. The molecule has 2 N–H and O–H groups in total. The van der Waals surface area contributed by atoms with Crippen molar-refractivity contribution in [1.82, 2.24) is 14.8 Å². The van der Waals surface area contributed by atoms with Crippen LogP contribution in [-0.4, -0.2) is 34.3 Å². The Balaban J connectivity index is 1.36. The van der Waals surface area contributed by atoms with Crippen LogP contribution in [-0.2, 0) is 18.3 Å². The first-order chi connectivity index (χ1) is 15.5. The Bertz CT molecular complexity index is 1100. The van der Waals surface area contributed by atoms with Gasteiger partial charge in [-0.1, -0.05) is 12.8 Å². The molecule has 1 aliphatic carbocycles. The summed E-state index contributed by atoms with van der Waals surface area (Å²) in [7, 11) is 3.48. The lowest BCUT2D eigenvalue weighted by Crippen LogP contribution is -2.14. The van der Waals surface area contributed by atoms with Crippen LogP contribution < -0.4 is 15.4 Å². The monoisotopic (exact) mass is 435 g/mol. The van der Waals surface area contributed by atoms with E-state index in [1.54, 1.807) is 11.8 Å². The first-order valence-electron chi connectivity index (χ1n) is 11.5. The molecule has 170 valence electrons. The third-order valence-electron chi connectivity index (χ3n) is 6.56. The molecule has 0 atom stereocenters. The molecule has 7 nitrogen and oxygen atoms in total. The number of benzene rings is 1. The van der Waals surface area contributed by atoms with Crippen LogP contribution in [0.5, 0.6) is 5.88 Å². The average molecular weight is 436 g/mol. The van der Waals surface area contributed by atoms with Crippen molar-refractivity contribution in [3.63, 3.8) is 0 Å². The number of carbonyl (C=O) groups excluding carboxylic acids is 1. The van der Waals surface area contributed by atoms with Crippen LogP contribution in [0.25, 0.3) is 11.0 Å². The zero-order valence-electron chi connectivity index (χ0n) is 19.5. The van der Waals surface area contributed by atoms with Gasteiger partial charge in [-0.3, -0.25) is 4.79 Å².